The molecule has 2 N–H and O–H groups in total. The molecule has 0 saturated heterocycles. The lowest BCUT2D eigenvalue weighted by Crippen LogP contribution is -2.36. The maximum absolute atomic E-state index is 13.5. The van der Waals surface area contributed by atoms with Crippen molar-refractivity contribution in [2.24, 2.45) is 0 Å². The van der Waals surface area contributed by atoms with Gasteiger partial charge in [0, 0.05) is 12.2 Å². The first-order valence-electron chi connectivity index (χ1n) is 8.29. The normalized spacial score (nSPS) is 11.9. The second-order valence-corrected chi connectivity index (χ2v) is 6.35. The van der Waals surface area contributed by atoms with Crippen LogP contribution in [0.1, 0.15) is 18.5 Å². The molecule has 5 nitrogen and oxygen atoms in total. The number of nitrogens with one attached hydrogen (secondary N) is 2. The number of carbonyl (C=O) groups excluding carboxylic acids is 1. The van der Waals surface area contributed by atoms with Crippen LogP contribution in [-0.4, -0.2) is 38.2 Å². The van der Waals surface area contributed by atoms with Crippen LogP contribution in [0.4, 0.5) is 14.9 Å². The lowest BCUT2D eigenvalue weighted by Gasteiger charge is -2.25. The number of amides is 2. The van der Waals surface area contributed by atoms with E-state index in [2.05, 4.69) is 10.6 Å². The standard InChI is InChI=1S/C19H23ClFN3O2/c1-4-26-18-9-8-15(11-16(18)20)23-19(25)22-12-17(24(2)3)13-6-5-7-14(21)10-13/h5-11,17H,4,12H2,1-3H3,(H2,22,23,25). The monoisotopic (exact) mass is 379 g/mol. The van der Waals surface area contributed by atoms with Crippen LogP contribution in [0.15, 0.2) is 42.5 Å². The average molecular weight is 380 g/mol. The second kappa shape index (κ2) is 9.40. The van der Waals surface area contributed by atoms with Crippen molar-refractivity contribution in [1.29, 1.82) is 0 Å². The van der Waals surface area contributed by atoms with E-state index >= 15 is 0 Å². The molecule has 2 aromatic carbocycles. The van der Waals surface area contributed by atoms with Gasteiger partial charge >= 0.3 is 6.03 Å². The number of urea groups is 1. The quantitative estimate of drug-likeness (QED) is 0.754. The van der Waals surface area contributed by atoms with Crippen molar-refractivity contribution in [3.8, 4) is 5.75 Å². The van der Waals surface area contributed by atoms with Crippen LogP contribution >= 0.6 is 11.6 Å². The van der Waals surface area contributed by atoms with E-state index in [4.69, 9.17) is 16.3 Å². The Morgan fingerprint density at radius 3 is 2.65 bits per heavy atom. The van der Waals surface area contributed by atoms with E-state index < -0.39 is 0 Å². The van der Waals surface area contributed by atoms with Crippen molar-refractivity contribution >= 4 is 23.3 Å². The summed E-state index contributed by atoms with van der Waals surface area (Å²) in [5.41, 5.74) is 1.35. The van der Waals surface area contributed by atoms with Crippen LogP contribution in [0.2, 0.25) is 5.02 Å². The Labute approximate surface area is 158 Å². The number of carbonyl (C=O) groups is 1. The van der Waals surface area contributed by atoms with Crippen LogP contribution in [0.5, 0.6) is 5.75 Å². The van der Waals surface area contributed by atoms with Crippen molar-refractivity contribution in [3.05, 3.63) is 58.9 Å². The molecule has 2 amide bonds. The number of rotatable bonds is 7. The van der Waals surface area contributed by atoms with Gasteiger partial charge in [-0.15, -0.1) is 0 Å². The average Bonchev–Trinajstić information content (AvgIpc) is 2.57. The van der Waals surface area contributed by atoms with E-state index in [1.54, 1.807) is 24.3 Å². The van der Waals surface area contributed by atoms with Crippen LogP contribution in [0.25, 0.3) is 0 Å². The number of ether oxygens (including phenoxy) is 1. The zero-order chi connectivity index (χ0) is 19.1. The van der Waals surface area contributed by atoms with Gasteiger partial charge in [-0.1, -0.05) is 23.7 Å². The molecule has 0 aliphatic heterocycles. The van der Waals surface area contributed by atoms with Crippen LogP contribution < -0.4 is 15.4 Å². The van der Waals surface area contributed by atoms with E-state index in [0.29, 0.717) is 29.6 Å². The number of hydrogen-bond donors (Lipinski definition) is 2. The van der Waals surface area contributed by atoms with Crippen molar-refractivity contribution in [1.82, 2.24) is 10.2 Å². The van der Waals surface area contributed by atoms with Crippen LogP contribution in [0.3, 0.4) is 0 Å². The minimum atomic E-state index is -0.367. The van der Waals surface area contributed by atoms with Crippen molar-refractivity contribution in [2.45, 2.75) is 13.0 Å². The van der Waals surface area contributed by atoms with Gasteiger partial charge in [-0.25, -0.2) is 9.18 Å². The van der Waals surface area contributed by atoms with Crippen LogP contribution in [-0.2, 0) is 0 Å². The Hall–Kier alpha value is -2.31. The Morgan fingerprint density at radius 2 is 2.04 bits per heavy atom. The molecule has 0 radical (unpaired) electrons. The van der Waals surface area contributed by atoms with Gasteiger partial charge in [-0.05, 0) is 56.9 Å². The summed E-state index contributed by atoms with van der Waals surface area (Å²) in [7, 11) is 3.75. The molecule has 0 fully saturated rings. The Kier molecular flexibility index (Phi) is 7.24. The minimum absolute atomic E-state index is 0.152. The molecule has 0 bridgehead atoms. The van der Waals surface area contributed by atoms with Gasteiger partial charge in [0.2, 0.25) is 0 Å². The fourth-order valence-corrected chi connectivity index (χ4v) is 2.76. The first-order valence-corrected chi connectivity index (χ1v) is 8.67. The summed E-state index contributed by atoms with van der Waals surface area (Å²) in [6.45, 7) is 2.71. The molecule has 0 heterocycles. The lowest BCUT2D eigenvalue weighted by molar-refractivity contribution is 0.243. The minimum Gasteiger partial charge on any atom is -0.492 e. The summed E-state index contributed by atoms with van der Waals surface area (Å²) >= 11 is 6.12. The molecular weight excluding hydrogens is 357 g/mol. The zero-order valence-corrected chi connectivity index (χ0v) is 15.8. The molecule has 0 saturated carbocycles. The number of likely N-dealkylation sites (N-methyl/N-ethyl adjacent to an activating group) is 1. The van der Waals surface area contributed by atoms with E-state index in [1.807, 2.05) is 32.0 Å². The van der Waals surface area contributed by atoms with E-state index in [9.17, 15) is 9.18 Å². The number of anilines is 1. The van der Waals surface area contributed by atoms with Crippen molar-refractivity contribution in [3.63, 3.8) is 0 Å². The van der Waals surface area contributed by atoms with E-state index in [1.165, 1.54) is 12.1 Å². The molecule has 2 aromatic rings. The van der Waals surface area contributed by atoms with Gasteiger partial charge in [-0.3, -0.25) is 0 Å². The van der Waals surface area contributed by atoms with Crippen molar-refractivity contribution in [2.75, 3.05) is 32.6 Å². The molecule has 2 rings (SSSR count). The third-order valence-corrected chi connectivity index (χ3v) is 4.10. The molecule has 7 heteroatoms. The highest BCUT2D eigenvalue weighted by atomic mass is 35.5. The molecule has 1 atom stereocenters. The Morgan fingerprint density at radius 1 is 1.27 bits per heavy atom. The Bertz CT molecular complexity index is 755. The lowest BCUT2D eigenvalue weighted by atomic mass is 10.1. The molecule has 1 unspecified atom stereocenters. The van der Waals surface area contributed by atoms with Crippen molar-refractivity contribution < 1.29 is 13.9 Å². The number of halogens is 2. The number of benzene rings is 2. The van der Waals surface area contributed by atoms with Gasteiger partial charge in [0.15, 0.2) is 0 Å². The van der Waals surface area contributed by atoms with Gasteiger partial charge in [0.05, 0.1) is 17.7 Å². The largest absolute Gasteiger partial charge is 0.492 e. The maximum atomic E-state index is 13.5. The van der Waals surface area contributed by atoms with Gasteiger partial charge < -0.3 is 20.3 Å². The first-order chi connectivity index (χ1) is 12.4. The summed E-state index contributed by atoms with van der Waals surface area (Å²) in [6.07, 6.45) is 0. The summed E-state index contributed by atoms with van der Waals surface area (Å²) in [5, 5.41) is 5.95. The van der Waals surface area contributed by atoms with E-state index in [0.717, 1.165) is 5.56 Å². The predicted molar refractivity (Wildman–Crippen MR) is 102 cm³/mol. The molecular formula is C19H23ClFN3O2. The molecule has 0 aliphatic rings. The number of hydrogen-bond acceptors (Lipinski definition) is 3. The highest BCUT2D eigenvalue weighted by Crippen LogP contribution is 2.27. The third-order valence-electron chi connectivity index (χ3n) is 3.80. The molecule has 0 spiro atoms. The van der Waals surface area contributed by atoms with Crippen LogP contribution in [0, 0.1) is 5.82 Å². The van der Waals surface area contributed by atoms with Gasteiger partial charge in [0.25, 0.3) is 0 Å². The third kappa shape index (κ3) is 5.61. The predicted octanol–water partition coefficient (Wildman–Crippen LogP) is 4.30. The molecule has 0 aliphatic carbocycles. The van der Waals surface area contributed by atoms with Gasteiger partial charge in [0.1, 0.15) is 11.6 Å². The zero-order valence-electron chi connectivity index (χ0n) is 15.1. The van der Waals surface area contributed by atoms with E-state index in [-0.39, 0.29) is 17.9 Å². The smallest absolute Gasteiger partial charge is 0.319 e. The summed E-state index contributed by atoms with van der Waals surface area (Å²) < 4.78 is 18.8. The fraction of sp³-hybridized carbons (Fsp3) is 0.316. The molecule has 26 heavy (non-hydrogen) atoms. The SMILES string of the molecule is CCOc1ccc(NC(=O)NCC(c2cccc(F)c2)N(C)C)cc1Cl. The summed E-state index contributed by atoms with van der Waals surface area (Å²) in [6, 6.07) is 10.9. The van der Waals surface area contributed by atoms with Gasteiger partial charge in [-0.2, -0.15) is 0 Å². The molecule has 0 aromatic heterocycles. The topological polar surface area (TPSA) is 53.6 Å². The summed E-state index contributed by atoms with van der Waals surface area (Å²) in [4.78, 5) is 14.1. The first kappa shape index (κ1) is 20.0. The molecule has 140 valence electrons. The second-order valence-electron chi connectivity index (χ2n) is 5.95. The highest BCUT2D eigenvalue weighted by molar-refractivity contribution is 6.32. The fourth-order valence-electron chi connectivity index (χ4n) is 2.53. The Balaban J connectivity index is 1.97. The maximum Gasteiger partial charge on any atom is 0.319 e. The number of nitrogens with zero attached hydrogens (tertiary/aromatic N) is 1. The summed E-state index contributed by atoms with van der Waals surface area (Å²) in [5.74, 6) is 0.265. The highest BCUT2D eigenvalue weighted by Gasteiger charge is 2.16.